The van der Waals surface area contributed by atoms with Crippen molar-refractivity contribution < 1.29 is 4.79 Å². The highest BCUT2D eigenvalue weighted by Crippen LogP contribution is 2.48. The third-order valence-electron chi connectivity index (χ3n) is 6.40. The summed E-state index contributed by atoms with van der Waals surface area (Å²) in [4.78, 5) is 25.8. The van der Waals surface area contributed by atoms with Gasteiger partial charge in [-0.2, -0.15) is 0 Å². The van der Waals surface area contributed by atoms with Gasteiger partial charge in [-0.1, -0.05) is 35.3 Å². The Morgan fingerprint density at radius 3 is 2.74 bits per heavy atom. The van der Waals surface area contributed by atoms with Crippen molar-refractivity contribution in [3.63, 3.8) is 0 Å². The zero-order valence-corrected chi connectivity index (χ0v) is 19.7. The van der Waals surface area contributed by atoms with Crippen molar-refractivity contribution in [2.75, 3.05) is 10.6 Å². The SMILES string of the molecule is O=C(Nc1cc(NCc2cn3cc(C4CC4)cc(Cl)c3n2)ncn1)[C@H]1C[C@@H]1c1cccc(Cl)c1. The lowest BCUT2D eigenvalue weighted by molar-refractivity contribution is -0.117. The average molecular weight is 493 g/mol. The Balaban J connectivity index is 1.09. The first kappa shape index (κ1) is 21.4. The van der Waals surface area contributed by atoms with Crippen molar-refractivity contribution in [1.29, 1.82) is 0 Å². The van der Waals surface area contributed by atoms with Crippen molar-refractivity contribution in [2.24, 2.45) is 5.92 Å². The van der Waals surface area contributed by atoms with Crippen LogP contribution in [0.25, 0.3) is 5.65 Å². The third-order valence-corrected chi connectivity index (χ3v) is 6.91. The van der Waals surface area contributed by atoms with E-state index in [1.165, 1.54) is 24.7 Å². The molecule has 4 aromatic rings. The molecule has 0 spiro atoms. The molecule has 3 heterocycles. The zero-order valence-electron chi connectivity index (χ0n) is 18.2. The van der Waals surface area contributed by atoms with Gasteiger partial charge in [-0.25, -0.2) is 15.0 Å². The molecule has 172 valence electrons. The normalized spacial score (nSPS) is 19.2. The van der Waals surface area contributed by atoms with Gasteiger partial charge in [0.25, 0.3) is 0 Å². The minimum Gasteiger partial charge on any atom is -0.364 e. The summed E-state index contributed by atoms with van der Waals surface area (Å²) >= 11 is 12.5. The van der Waals surface area contributed by atoms with Gasteiger partial charge in [0.2, 0.25) is 5.91 Å². The first-order chi connectivity index (χ1) is 16.5. The van der Waals surface area contributed by atoms with Crippen LogP contribution < -0.4 is 10.6 Å². The Labute approximate surface area is 206 Å². The molecule has 1 amide bonds. The smallest absolute Gasteiger partial charge is 0.229 e. The number of amides is 1. The summed E-state index contributed by atoms with van der Waals surface area (Å²) in [7, 11) is 0. The minimum absolute atomic E-state index is 0.0453. The largest absolute Gasteiger partial charge is 0.364 e. The minimum atomic E-state index is -0.0758. The molecule has 2 saturated carbocycles. The van der Waals surface area contributed by atoms with Crippen LogP contribution in [0.1, 0.15) is 47.9 Å². The maximum Gasteiger partial charge on any atom is 0.229 e. The molecule has 0 saturated heterocycles. The number of anilines is 2. The van der Waals surface area contributed by atoms with E-state index in [4.69, 9.17) is 23.2 Å². The van der Waals surface area contributed by atoms with E-state index in [9.17, 15) is 4.79 Å². The zero-order chi connectivity index (χ0) is 23.2. The van der Waals surface area contributed by atoms with E-state index >= 15 is 0 Å². The topological polar surface area (TPSA) is 84.2 Å². The molecule has 6 rings (SSSR count). The van der Waals surface area contributed by atoms with Crippen molar-refractivity contribution in [3.8, 4) is 0 Å². The first-order valence-corrected chi connectivity index (χ1v) is 12.1. The van der Waals surface area contributed by atoms with Crippen molar-refractivity contribution in [2.45, 2.75) is 37.6 Å². The average Bonchev–Trinajstić information content (AvgIpc) is 3.74. The van der Waals surface area contributed by atoms with Crippen molar-refractivity contribution in [1.82, 2.24) is 19.4 Å². The van der Waals surface area contributed by atoms with Gasteiger partial charge in [-0.3, -0.25) is 4.79 Å². The van der Waals surface area contributed by atoms with E-state index in [0.717, 1.165) is 23.3 Å². The number of halogens is 2. The summed E-state index contributed by atoms with van der Waals surface area (Å²) in [6.07, 6.45) is 8.78. The molecule has 9 heteroatoms. The molecule has 7 nitrogen and oxygen atoms in total. The second kappa shape index (κ2) is 8.56. The van der Waals surface area contributed by atoms with Crippen LogP contribution in [0.4, 0.5) is 11.6 Å². The summed E-state index contributed by atoms with van der Waals surface area (Å²) in [5, 5.41) is 7.51. The maximum atomic E-state index is 12.7. The number of hydrogen-bond acceptors (Lipinski definition) is 5. The van der Waals surface area contributed by atoms with E-state index < -0.39 is 0 Å². The van der Waals surface area contributed by atoms with Crippen molar-refractivity contribution >= 4 is 46.4 Å². The van der Waals surface area contributed by atoms with Crippen LogP contribution in [0.3, 0.4) is 0 Å². The number of nitrogens with zero attached hydrogens (tertiary/aromatic N) is 4. The molecule has 2 atom stereocenters. The van der Waals surface area contributed by atoms with Gasteiger partial charge < -0.3 is 15.0 Å². The monoisotopic (exact) mass is 492 g/mol. The Morgan fingerprint density at radius 1 is 1.06 bits per heavy atom. The van der Waals surface area contributed by atoms with Gasteiger partial charge in [0, 0.05) is 29.4 Å². The van der Waals surface area contributed by atoms with Crippen LogP contribution in [0.2, 0.25) is 10.0 Å². The Kier molecular flexibility index (Phi) is 5.38. The molecule has 2 aliphatic carbocycles. The maximum absolute atomic E-state index is 12.7. The molecule has 0 radical (unpaired) electrons. The standard InChI is InChI=1S/C25H22Cl2N6O/c26-17-3-1-2-15(6-17)19-8-20(19)25(34)32-23-9-22(29-13-30-23)28-10-18-12-33-11-16(14-4-5-14)7-21(27)24(33)31-18/h1-3,6-7,9,11-14,19-20H,4-5,8,10H2,(H2,28,29,30,32,34)/t19-,20+/m1/s1. The lowest BCUT2D eigenvalue weighted by Crippen LogP contribution is -2.16. The number of nitrogens with one attached hydrogen (secondary N) is 2. The highest BCUT2D eigenvalue weighted by molar-refractivity contribution is 6.33. The third kappa shape index (κ3) is 4.45. The van der Waals surface area contributed by atoms with Gasteiger partial charge >= 0.3 is 0 Å². The highest BCUT2D eigenvalue weighted by Gasteiger charge is 2.44. The Hall–Kier alpha value is -3.16. The predicted molar refractivity (Wildman–Crippen MR) is 132 cm³/mol. The van der Waals surface area contributed by atoms with Gasteiger partial charge in [-0.05, 0) is 60.4 Å². The van der Waals surface area contributed by atoms with Crippen molar-refractivity contribution in [3.05, 3.63) is 82.0 Å². The lowest BCUT2D eigenvalue weighted by Gasteiger charge is -2.07. The number of carbonyl (C=O) groups excluding carboxylic acids is 1. The summed E-state index contributed by atoms with van der Waals surface area (Å²) in [6, 6.07) is 11.4. The van der Waals surface area contributed by atoms with Crippen LogP contribution in [-0.4, -0.2) is 25.3 Å². The number of benzene rings is 1. The first-order valence-electron chi connectivity index (χ1n) is 11.3. The second-order valence-electron chi connectivity index (χ2n) is 8.99. The number of imidazole rings is 1. The van der Waals surface area contributed by atoms with Crippen LogP contribution in [-0.2, 0) is 11.3 Å². The van der Waals surface area contributed by atoms with Gasteiger partial charge in [-0.15, -0.1) is 0 Å². The van der Waals surface area contributed by atoms with Gasteiger partial charge in [0.15, 0.2) is 5.65 Å². The molecule has 0 aliphatic heterocycles. The fourth-order valence-electron chi connectivity index (χ4n) is 4.37. The van der Waals surface area contributed by atoms with Crippen LogP contribution >= 0.6 is 23.2 Å². The molecular weight excluding hydrogens is 471 g/mol. The summed E-state index contributed by atoms with van der Waals surface area (Å²) < 4.78 is 1.99. The predicted octanol–water partition coefficient (Wildman–Crippen LogP) is 5.66. The van der Waals surface area contributed by atoms with E-state index in [0.29, 0.717) is 34.1 Å². The summed E-state index contributed by atoms with van der Waals surface area (Å²) in [6.45, 7) is 0.473. The molecule has 2 fully saturated rings. The molecule has 0 bridgehead atoms. The quantitative estimate of drug-likeness (QED) is 0.347. The number of hydrogen-bond donors (Lipinski definition) is 2. The second-order valence-corrected chi connectivity index (χ2v) is 9.84. The number of fused-ring (bicyclic) bond motifs is 1. The number of carbonyl (C=O) groups is 1. The highest BCUT2D eigenvalue weighted by atomic mass is 35.5. The fourth-order valence-corrected chi connectivity index (χ4v) is 4.83. The fraction of sp³-hybridized carbons (Fsp3) is 0.280. The Morgan fingerprint density at radius 2 is 1.91 bits per heavy atom. The van der Waals surface area contributed by atoms with Crippen LogP contribution in [0, 0.1) is 5.92 Å². The molecular formula is C25H22Cl2N6O. The van der Waals surface area contributed by atoms with E-state index in [1.807, 2.05) is 40.9 Å². The molecule has 1 aromatic carbocycles. The summed E-state index contributed by atoms with van der Waals surface area (Å²) in [5.74, 6) is 1.77. The molecule has 34 heavy (non-hydrogen) atoms. The molecule has 2 N–H and O–H groups in total. The molecule has 2 aliphatic rings. The molecule has 3 aromatic heterocycles. The number of rotatable bonds is 7. The Bertz CT molecular complexity index is 1400. The van der Waals surface area contributed by atoms with Gasteiger partial charge in [0.1, 0.15) is 18.0 Å². The lowest BCUT2D eigenvalue weighted by atomic mass is 10.1. The van der Waals surface area contributed by atoms with E-state index in [1.54, 1.807) is 6.07 Å². The number of aromatic nitrogens is 4. The number of pyridine rings is 1. The van der Waals surface area contributed by atoms with Gasteiger partial charge in [0.05, 0.1) is 17.3 Å². The van der Waals surface area contributed by atoms with Crippen LogP contribution in [0.5, 0.6) is 0 Å². The van der Waals surface area contributed by atoms with E-state index in [2.05, 4.69) is 31.8 Å². The van der Waals surface area contributed by atoms with E-state index in [-0.39, 0.29) is 17.7 Å². The van der Waals surface area contributed by atoms with Crippen LogP contribution in [0.15, 0.2) is 55.1 Å². The summed E-state index contributed by atoms with van der Waals surface area (Å²) in [5.41, 5.74) is 3.95. The molecule has 0 unspecified atom stereocenters.